The van der Waals surface area contributed by atoms with Gasteiger partial charge < -0.3 is 10.1 Å². The van der Waals surface area contributed by atoms with Gasteiger partial charge in [0.05, 0.1) is 0 Å². The van der Waals surface area contributed by atoms with Crippen molar-refractivity contribution >= 4 is 11.6 Å². The number of anilines is 1. The molecule has 1 amide bonds. The molecule has 4 aromatic rings. The van der Waals surface area contributed by atoms with E-state index >= 15 is 0 Å². The molecule has 0 spiro atoms. The van der Waals surface area contributed by atoms with Gasteiger partial charge in [0.2, 0.25) is 0 Å². The summed E-state index contributed by atoms with van der Waals surface area (Å²) in [5.41, 5.74) is 2.80. The molecule has 0 aliphatic rings. The number of nitrogens with one attached hydrogen (secondary N) is 1. The molecule has 0 fully saturated rings. The highest BCUT2D eigenvalue weighted by molar-refractivity contribution is 6.04. The van der Waals surface area contributed by atoms with Gasteiger partial charge in [-0.05, 0) is 54.1 Å². The van der Waals surface area contributed by atoms with Gasteiger partial charge in [0.15, 0.2) is 0 Å². The van der Waals surface area contributed by atoms with Crippen LogP contribution in [0.1, 0.15) is 10.4 Å². The first-order chi connectivity index (χ1) is 14.2. The Morgan fingerprint density at radius 3 is 2.28 bits per heavy atom. The molecule has 6 heteroatoms. The van der Waals surface area contributed by atoms with E-state index in [-0.39, 0.29) is 17.7 Å². The zero-order chi connectivity index (χ0) is 20.1. The first-order valence-electron chi connectivity index (χ1n) is 8.90. The Bertz CT molecular complexity index is 1110. The Kier molecular flexibility index (Phi) is 5.25. The van der Waals surface area contributed by atoms with E-state index in [9.17, 15) is 9.18 Å². The molecule has 0 aliphatic carbocycles. The fraction of sp³-hybridized carbons (Fsp3) is 0. The van der Waals surface area contributed by atoms with Crippen molar-refractivity contribution in [3.8, 4) is 22.9 Å². The molecule has 5 nitrogen and oxygen atoms in total. The Labute approximate surface area is 166 Å². The number of aromatic nitrogens is 2. The molecule has 1 N–H and O–H groups in total. The van der Waals surface area contributed by atoms with Crippen LogP contribution >= 0.6 is 0 Å². The largest absolute Gasteiger partial charge is 0.424 e. The molecule has 0 radical (unpaired) electrons. The van der Waals surface area contributed by atoms with E-state index in [0.29, 0.717) is 11.3 Å². The number of benzene rings is 3. The predicted octanol–water partition coefficient (Wildman–Crippen LogP) is 5.33. The first-order valence-corrected chi connectivity index (χ1v) is 8.90. The Balaban J connectivity index is 1.49. The summed E-state index contributed by atoms with van der Waals surface area (Å²) in [6, 6.07) is 22.2. The fourth-order valence-corrected chi connectivity index (χ4v) is 2.69. The van der Waals surface area contributed by atoms with Gasteiger partial charge in [0, 0.05) is 29.2 Å². The molecule has 0 atom stereocenters. The lowest BCUT2D eigenvalue weighted by atomic mass is 10.1. The molecule has 1 aromatic heterocycles. The smallest absolute Gasteiger partial charge is 0.321 e. The van der Waals surface area contributed by atoms with Gasteiger partial charge in [-0.25, -0.2) is 14.4 Å². The van der Waals surface area contributed by atoms with Crippen molar-refractivity contribution in [3.05, 3.63) is 103 Å². The molecule has 3 aromatic carbocycles. The van der Waals surface area contributed by atoms with Gasteiger partial charge in [0.1, 0.15) is 11.6 Å². The highest BCUT2D eigenvalue weighted by Gasteiger charge is 2.09. The second-order valence-electron chi connectivity index (χ2n) is 6.21. The number of amides is 1. The van der Waals surface area contributed by atoms with Gasteiger partial charge in [-0.2, -0.15) is 0 Å². The van der Waals surface area contributed by atoms with Crippen molar-refractivity contribution in [2.24, 2.45) is 0 Å². The van der Waals surface area contributed by atoms with Crippen molar-refractivity contribution < 1.29 is 13.9 Å². The highest BCUT2D eigenvalue weighted by Crippen LogP contribution is 2.23. The Morgan fingerprint density at radius 2 is 1.55 bits per heavy atom. The standard InChI is InChI=1S/C23H16FN3O2/c24-19-9-11-21(12-10-19)29-23-25-14-18(15-26-23)16-5-4-6-17(13-16)22(28)27-20-7-2-1-3-8-20/h1-15H,(H,27,28). The van der Waals surface area contributed by atoms with E-state index in [0.717, 1.165) is 16.8 Å². The summed E-state index contributed by atoms with van der Waals surface area (Å²) in [5, 5.41) is 2.86. The molecule has 0 saturated carbocycles. The quantitative estimate of drug-likeness (QED) is 0.504. The van der Waals surface area contributed by atoms with E-state index in [4.69, 9.17) is 4.74 Å². The van der Waals surface area contributed by atoms with Gasteiger partial charge in [0.25, 0.3) is 5.91 Å². The number of carbonyl (C=O) groups excluding carboxylic acids is 1. The van der Waals surface area contributed by atoms with Crippen LogP contribution < -0.4 is 10.1 Å². The van der Waals surface area contributed by atoms with E-state index in [1.54, 1.807) is 30.6 Å². The minimum absolute atomic E-state index is 0.151. The van der Waals surface area contributed by atoms with E-state index in [1.807, 2.05) is 36.4 Å². The van der Waals surface area contributed by atoms with Gasteiger partial charge >= 0.3 is 6.01 Å². The summed E-state index contributed by atoms with van der Waals surface area (Å²) >= 11 is 0. The molecule has 29 heavy (non-hydrogen) atoms. The van der Waals surface area contributed by atoms with Gasteiger partial charge in [-0.1, -0.05) is 30.3 Å². The number of rotatable bonds is 5. The summed E-state index contributed by atoms with van der Waals surface area (Å²) < 4.78 is 18.5. The van der Waals surface area contributed by atoms with Crippen molar-refractivity contribution in [3.63, 3.8) is 0 Å². The monoisotopic (exact) mass is 385 g/mol. The van der Waals surface area contributed by atoms with E-state index in [1.165, 1.54) is 24.3 Å². The van der Waals surface area contributed by atoms with Crippen LogP contribution in [0.25, 0.3) is 11.1 Å². The summed E-state index contributed by atoms with van der Waals surface area (Å²) in [7, 11) is 0. The maximum absolute atomic E-state index is 13.0. The molecule has 1 heterocycles. The first kappa shape index (κ1) is 18.3. The number of hydrogen-bond acceptors (Lipinski definition) is 4. The van der Waals surface area contributed by atoms with Crippen LogP contribution in [0.15, 0.2) is 91.3 Å². The lowest BCUT2D eigenvalue weighted by molar-refractivity contribution is 0.102. The molecular formula is C23H16FN3O2. The second-order valence-corrected chi connectivity index (χ2v) is 6.21. The average Bonchev–Trinajstić information content (AvgIpc) is 2.77. The lowest BCUT2D eigenvalue weighted by Gasteiger charge is -2.08. The SMILES string of the molecule is O=C(Nc1ccccc1)c1cccc(-c2cnc(Oc3ccc(F)cc3)nc2)c1. The second kappa shape index (κ2) is 8.31. The third kappa shape index (κ3) is 4.62. The van der Waals surface area contributed by atoms with Crippen molar-refractivity contribution in [2.75, 3.05) is 5.32 Å². The number of hydrogen-bond donors (Lipinski definition) is 1. The number of carbonyl (C=O) groups is 1. The topological polar surface area (TPSA) is 64.1 Å². The molecule has 0 aliphatic heterocycles. The maximum atomic E-state index is 13.0. The molecule has 4 rings (SSSR count). The molecule has 0 bridgehead atoms. The van der Waals surface area contributed by atoms with Crippen molar-refractivity contribution in [2.45, 2.75) is 0 Å². The minimum Gasteiger partial charge on any atom is -0.424 e. The average molecular weight is 385 g/mol. The van der Waals surface area contributed by atoms with Crippen LogP contribution in [0.2, 0.25) is 0 Å². The van der Waals surface area contributed by atoms with Crippen LogP contribution in [0, 0.1) is 5.82 Å². The number of ether oxygens (including phenoxy) is 1. The summed E-state index contributed by atoms with van der Waals surface area (Å²) in [6.07, 6.45) is 3.22. The zero-order valence-corrected chi connectivity index (χ0v) is 15.2. The molecule has 0 unspecified atom stereocenters. The summed E-state index contributed by atoms with van der Waals surface area (Å²) in [6.45, 7) is 0. The van der Waals surface area contributed by atoms with Crippen LogP contribution in [0.5, 0.6) is 11.8 Å². The highest BCUT2D eigenvalue weighted by atomic mass is 19.1. The number of halogens is 1. The van der Waals surface area contributed by atoms with Crippen LogP contribution in [-0.4, -0.2) is 15.9 Å². The van der Waals surface area contributed by atoms with Gasteiger partial charge in [-0.15, -0.1) is 0 Å². The maximum Gasteiger partial charge on any atom is 0.321 e. The summed E-state index contributed by atoms with van der Waals surface area (Å²) in [4.78, 5) is 20.9. The Hall–Kier alpha value is -4.06. The number of nitrogens with zero attached hydrogens (tertiary/aromatic N) is 2. The van der Waals surface area contributed by atoms with Gasteiger partial charge in [-0.3, -0.25) is 4.79 Å². The number of para-hydroxylation sites is 1. The lowest BCUT2D eigenvalue weighted by Crippen LogP contribution is -2.11. The predicted molar refractivity (Wildman–Crippen MR) is 108 cm³/mol. The van der Waals surface area contributed by atoms with E-state index in [2.05, 4.69) is 15.3 Å². The van der Waals surface area contributed by atoms with Crippen molar-refractivity contribution in [1.29, 1.82) is 0 Å². The third-order valence-electron chi connectivity index (χ3n) is 4.14. The minimum atomic E-state index is -0.343. The van der Waals surface area contributed by atoms with E-state index < -0.39 is 0 Å². The van der Waals surface area contributed by atoms with Crippen LogP contribution in [-0.2, 0) is 0 Å². The molecule has 142 valence electrons. The normalized spacial score (nSPS) is 10.4. The third-order valence-corrected chi connectivity index (χ3v) is 4.14. The molecule has 0 saturated heterocycles. The van der Waals surface area contributed by atoms with Crippen molar-refractivity contribution in [1.82, 2.24) is 9.97 Å². The Morgan fingerprint density at radius 1 is 0.828 bits per heavy atom. The summed E-state index contributed by atoms with van der Waals surface area (Å²) in [5.74, 6) is -0.0984. The molecular weight excluding hydrogens is 369 g/mol. The van der Waals surface area contributed by atoms with Crippen LogP contribution in [0.3, 0.4) is 0 Å². The fourth-order valence-electron chi connectivity index (χ4n) is 2.69. The zero-order valence-electron chi connectivity index (χ0n) is 15.2. The van der Waals surface area contributed by atoms with Crippen LogP contribution in [0.4, 0.5) is 10.1 Å².